The molecule has 9 heteroatoms. The van der Waals surface area contributed by atoms with Crippen molar-refractivity contribution in [3.8, 4) is 5.75 Å². The molecule has 0 bridgehead atoms. The predicted octanol–water partition coefficient (Wildman–Crippen LogP) is 3.73. The van der Waals surface area contributed by atoms with Gasteiger partial charge in [-0.1, -0.05) is 42.5 Å². The Labute approximate surface area is 219 Å². The third-order valence-electron chi connectivity index (χ3n) is 6.12. The molecule has 0 unspecified atom stereocenters. The van der Waals surface area contributed by atoms with E-state index in [0.29, 0.717) is 40.8 Å². The van der Waals surface area contributed by atoms with E-state index in [-0.39, 0.29) is 6.61 Å². The van der Waals surface area contributed by atoms with Crippen LogP contribution in [0.25, 0.3) is 21.8 Å². The zero-order chi connectivity index (χ0) is 26.4. The van der Waals surface area contributed by atoms with Gasteiger partial charge >= 0.3 is 5.97 Å². The van der Waals surface area contributed by atoms with Crippen LogP contribution < -0.4 is 15.8 Å². The molecule has 0 radical (unpaired) electrons. The van der Waals surface area contributed by atoms with Crippen LogP contribution in [0.5, 0.6) is 5.75 Å². The Morgan fingerprint density at radius 3 is 2.35 bits per heavy atom. The van der Waals surface area contributed by atoms with Crippen LogP contribution in [0.2, 0.25) is 0 Å². The highest BCUT2D eigenvalue weighted by molar-refractivity contribution is 7.98. The number of hydrogen-bond donors (Lipinski definition) is 2. The van der Waals surface area contributed by atoms with Crippen LogP contribution in [0.3, 0.4) is 0 Å². The van der Waals surface area contributed by atoms with E-state index in [4.69, 9.17) is 15.2 Å². The maximum Gasteiger partial charge on any atom is 0.328 e. The molecule has 0 fully saturated rings. The first-order valence-corrected chi connectivity index (χ1v) is 13.2. The summed E-state index contributed by atoms with van der Waals surface area (Å²) >= 11 is 1.57. The lowest BCUT2D eigenvalue weighted by molar-refractivity contribution is -0.145. The number of carbonyl (C=O) groups excluding carboxylic acids is 3. The predicted molar refractivity (Wildman–Crippen MR) is 146 cm³/mol. The number of nitrogens with one attached hydrogen (secondary N) is 1. The number of amides is 2. The number of primary amides is 1. The number of hydrogen-bond acceptors (Lipinski definition) is 6. The highest BCUT2D eigenvalue weighted by Crippen LogP contribution is 2.38. The summed E-state index contributed by atoms with van der Waals surface area (Å²) in [5.41, 5.74) is 8.89. The SMILES string of the molecule is COC(=O)[C@H](CCSC)NC(=O)COc1cccc2c1c1c(C(N)=O)cccc1n2Cc1ccccc1. The Morgan fingerprint density at radius 2 is 1.68 bits per heavy atom. The molecular formula is C28H29N3O5S. The average Bonchev–Trinajstić information content (AvgIpc) is 3.23. The first kappa shape index (κ1) is 26.1. The van der Waals surface area contributed by atoms with Crippen LogP contribution in [-0.2, 0) is 20.9 Å². The summed E-state index contributed by atoms with van der Waals surface area (Å²) in [7, 11) is 1.29. The molecule has 1 aromatic heterocycles. The second-order valence-corrected chi connectivity index (χ2v) is 9.48. The van der Waals surface area contributed by atoms with E-state index in [1.165, 1.54) is 7.11 Å². The smallest absolute Gasteiger partial charge is 0.328 e. The number of carbonyl (C=O) groups is 3. The van der Waals surface area contributed by atoms with Crippen LogP contribution in [0.1, 0.15) is 22.3 Å². The summed E-state index contributed by atoms with van der Waals surface area (Å²) in [6.07, 6.45) is 2.37. The van der Waals surface area contributed by atoms with E-state index >= 15 is 0 Å². The zero-order valence-electron chi connectivity index (χ0n) is 20.7. The minimum Gasteiger partial charge on any atom is -0.483 e. The van der Waals surface area contributed by atoms with Crippen molar-refractivity contribution in [1.29, 1.82) is 0 Å². The van der Waals surface area contributed by atoms with E-state index in [0.717, 1.165) is 16.6 Å². The molecule has 4 rings (SSSR count). The summed E-state index contributed by atoms with van der Waals surface area (Å²) in [6, 6.07) is 20.2. The standard InChI is InChI=1S/C28H29N3O5S/c1-35-28(34)20(14-15-37-2)30-24(32)17-36-23-13-7-12-22-26(23)25-19(27(29)33)10-6-11-21(25)31(22)16-18-8-4-3-5-9-18/h3-13,20H,14-17H2,1-2H3,(H2,29,33)(H,30,32)/t20-/m0/s1. The maximum absolute atomic E-state index is 12.7. The van der Waals surface area contributed by atoms with Gasteiger partial charge in [0, 0.05) is 17.5 Å². The second-order valence-electron chi connectivity index (χ2n) is 8.50. The Balaban J connectivity index is 1.71. The Bertz CT molecular complexity index is 1430. The minimum atomic E-state index is -0.751. The van der Waals surface area contributed by atoms with Crippen molar-refractivity contribution in [2.24, 2.45) is 5.73 Å². The van der Waals surface area contributed by atoms with Crippen molar-refractivity contribution in [3.05, 3.63) is 77.9 Å². The number of aromatic nitrogens is 1. The molecule has 0 aliphatic rings. The number of nitrogens with zero attached hydrogens (tertiary/aromatic N) is 1. The van der Waals surface area contributed by atoms with Crippen LogP contribution in [0, 0.1) is 0 Å². The van der Waals surface area contributed by atoms with Gasteiger partial charge in [-0.15, -0.1) is 0 Å². The molecule has 1 heterocycles. The van der Waals surface area contributed by atoms with Crippen LogP contribution in [-0.4, -0.2) is 54.1 Å². The lowest BCUT2D eigenvalue weighted by Gasteiger charge is -2.16. The van der Waals surface area contributed by atoms with Crippen LogP contribution in [0.4, 0.5) is 0 Å². The minimum absolute atomic E-state index is 0.310. The van der Waals surface area contributed by atoms with Crippen molar-refractivity contribution >= 4 is 51.4 Å². The Morgan fingerprint density at radius 1 is 0.973 bits per heavy atom. The number of benzene rings is 3. The molecule has 0 aliphatic heterocycles. The molecular weight excluding hydrogens is 490 g/mol. The van der Waals surface area contributed by atoms with E-state index in [2.05, 4.69) is 9.88 Å². The third-order valence-corrected chi connectivity index (χ3v) is 6.76. The summed E-state index contributed by atoms with van der Waals surface area (Å²) < 4.78 is 12.9. The van der Waals surface area contributed by atoms with Crippen molar-refractivity contribution in [2.75, 3.05) is 25.7 Å². The molecule has 1 atom stereocenters. The summed E-state index contributed by atoms with van der Waals surface area (Å²) in [6.45, 7) is 0.263. The van der Waals surface area contributed by atoms with Crippen molar-refractivity contribution in [3.63, 3.8) is 0 Å². The van der Waals surface area contributed by atoms with Gasteiger partial charge in [0.05, 0.1) is 23.5 Å². The molecule has 2 amide bonds. The van der Waals surface area contributed by atoms with Gasteiger partial charge in [-0.2, -0.15) is 11.8 Å². The van der Waals surface area contributed by atoms with Gasteiger partial charge in [0.25, 0.3) is 5.91 Å². The number of rotatable bonds is 11. The van der Waals surface area contributed by atoms with Gasteiger partial charge in [0.2, 0.25) is 5.91 Å². The Hall–Kier alpha value is -3.98. The highest BCUT2D eigenvalue weighted by Gasteiger charge is 2.23. The molecule has 37 heavy (non-hydrogen) atoms. The van der Waals surface area contributed by atoms with Gasteiger partial charge in [-0.05, 0) is 48.3 Å². The van der Waals surface area contributed by atoms with Crippen LogP contribution in [0.15, 0.2) is 66.7 Å². The van der Waals surface area contributed by atoms with E-state index in [9.17, 15) is 14.4 Å². The summed E-state index contributed by atoms with van der Waals surface area (Å²) in [4.78, 5) is 37.1. The third kappa shape index (κ3) is 5.72. The fourth-order valence-corrected chi connectivity index (χ4v) is 4.89. The molecule has 3 aromatic carbocycles. The number of methoxy groups -OCH3 is 1. The van der Waals surface area contributed by atoms with Gasteiger partial charge in [0.15, 0.2) is 6.61 Å². The normalized spacial score (nSPS) is 11.8. The highest BCUT2D eigenvalue weighted by atomic mass is 32.2. The maximum atomic E-state index is 12.7. The monoisotopic (exact) mass is 519 g/mol. The molecule has 192 valence electrons. The van der Waals surface area contributed by atoms with E-state index in [1.54, 1.807) is 30.0 Å². The molecule has 0 saturated heterocycles. The summed E-state index contributed by atoms with van der Waals surface area (Å²) in [5.74, 6) is -0.364. The number of fused-ring (bicyclic) bond motifs is 3. The van der Waals surface area contributed by atoms with Gasteiger partial charge < -0.3 is 25.1 Å². The van der Waals surface area contributed by atoms with Gasteiger partial charge in [-0.25, -0.2) is 4.79 Å². The van der Waals surface area contributed by atoms with Crippen molar-refractivity contribution in [1.82, 2.24) is 9.88 Å². The first-order chi connectivity index (χ1) is 17.9. The van der Waals surface area contributed by atoms with E-state index < -0.39 is 23.8 Å². The van der Waals surface area contributed by atoms with Crippen molar-refractivity contribution in [2.45, 2.75) is 19.0 Å². The lowest BCUT2D eigenvalue weighted by atomic mass is 10.1. The molecule has 8 nitrogen and oxygen atoms in total. The lowest BCUT2D eigenvalue weighted by Crippen LogP contribution is -2.43. The van der Waals surface area contributed by atoms with E-state index in [1.807, 2.05) is 54.8 Å². The van der Waals surface area contributed by atoms with Gasteiger partial charge in [-0.3, -0.25) is 9.59 Å². The fourth-order valence-electron chi connectivity index (χ4n) is 4.42. The average molecular weight is 520 g/mol. The largest absolute Gasteiger partial charge is 0.483 e. The number of nitrogens with two attached hydrogens (primary N) is 1. The summed E-state index contributed by atoms with van der Waals surface area (Å²) in [5, 5.41) is 4.06. The van der Waals surface area contributed by atoms with Gasteiger partial charge in [0.1, 0.15) is 11.8 Å². The molecule has 0 aliphatic carbocycles. The Kier molecular flexibility index (Phi) is 8.35. The number of esters is 1. The molecule has 0 spiro atoms. The number of thioether (sulfide) groups is 1. The van der Waals surface area contributed by atoms with Crippen LogP contribution >= 0.6 is 11.8 Å². The zero-order valence-corrected chi connectivity index (χ0v) is 21.5. The number of ether oxygens (including phenoxy) is 2. The van der Waals surface area contributed by atoms with Crippen molar-refractivity contribution < 1.29 is 23.9 Å². The first-order valence-electron chi connectivity index (χ1n) is 11.8. The molecule has 4 aromatic rings. The quantitative estimate of drug-likeness (QED) is 0.292. The molecule has 3 N–H and O–H groups in total. The molecule has 0 saturated carbocycles. The topological polar surface area (TPSA) is 113 Å². The fraction of sp³-hybridized carbons (Fsp3) is 0.250. The second kappa shape index (κ2) is 11.8.